The van der Waals surface area contributed by atoms with Crippen LogP contribution in [0, 0.1) is 0 Å². The number of rotatable bonds is 32. The van der Waals surface area contributed by atoms with E-state index in [4.69, 9.17) is 0 Å². The summed E-state index contributed by atoms with van der Waals surface area (Å²) in [6.45, 7) is 5.87. The Balaban J connectivity index is 1.85. The second-order valence-electron chi connectivity index (χ2n) is 13.4. The zero-order valence-electron chi connectivity index (χ0n) is 28.3. The topological polar surface area (TPSA) is 6.48 Å². The lowest BCUT2D eigenvalue weighted by atomic mass is 10.0. The summed E-state index contributed by atoms with van der Waals surface area (Å²) in [5.74, 6) is 0. The Morgan fingerprint density at radius 1 is 0.375 bits per heavy atom. The predicted molar refractivity (Wildman–Crippen MR) is 182 cm³/mol. The Kier molecular flexibility index (Phi) is 27.9. The average Bonchev–Trinajstić information content (AvgIpc) is 3.31. The van der Waals surface area contributed by atoms with Crippen molar-refractivity contribution in [3.63, 3.8) is 0 Å². The smallest absolute Gasteiger partial charge is 0.100 e. The highest BCUT2D eigenvalue weighted by Gasteiger charge is 2.22. The molecule has 1 heterocycles. The standard InChI is InChI=1S/C38H76N2/c1-4-6-8-10-12-14-16-18-19-20-21-22-24-26-28-30-32-34-38-39(3)36-37-40(38)35-33-31-29-27-25-23-17-15-13-11-9-7-5-2/h36-38H,4-35H2,1-3H3. The first kappa shape index (κ1) is 37.4. The van der Waals surface area contributed by atoms with Gasteiger partial charge in [0, 0.05) is 26.0 Å². The van der Waals surface area contributed by atoms with Crippen LogP contribution in [-0.2, 0) is 0 Å². The van der Waals surface area contributed by atoms with Crippen molar-refractivity contribution < 1.29 is 0 Å². The zero-order chi connectivity index (χ0) is 28.8. The molecule has 1 aliphatic rings. The van der Waals surface area contributed by atoms with Crippen LogP contribution in [0.4, 0.5) is 0 Å². The Labute approximate surface area is 254 Å². The first-order valence-corrected chi connectivity index (χ1v) is 19.0. The lowest BCUT2D eigenvalue weighted by Gasteiger charge is -2.30. The molecule has 0 radical (unpaired) electrons. The fourth-order valence-corrected chi connectivity index (χ4v) is 6.58. The molecule has 0 N–H and O–H groups in total. The van der Waals surface area contributed by atoms with Gasteiger partial charge in [-0.25, -0.2) is 0 Å². The van der Waals surface area contributed by atoms with Crippen LogP contribution in [0.25, 0.3) is 0 Å². The summed E-state index contributed by atoms with van der Waals surface area (Å²) in [6, 6.07) is 0. The average molecular weight is 561 g/mol. The maximum atomic E-state index is 2.63. The van der Waals surface area contributed by atoms with Gasteiger partial charge in [0.25, 0.3) is 0 Å². The molecule has 2 nitrogen and oxygen atoms in total. The van der Waals surface area contributed by atoms with E-state index in [0.717, 1.165) is 0 Å². The largest absolute Gasteiger partial charge is 0.359 e. The van der Waals surface area contributed by atoms with Gasteiger partial charge in [0.1, 0.15) is 6.17 Å². The van der Waals surface area contributed by atoms with E-state index >= 15 is 0 Å². The minimum Gasteiger partial charge on any atom is -0.359 e. The van der Waals surface area contributed by atoms with Gasteiger partial charge in [0.2, 0.25) is 0 Å². The normalized spacial score (nSPS) is 15.1. The van der Waals surface area contributed by atoms with Crippen LogP contribution in [0.1, 0.15) is 213 Å². The summed E-state index contributed by atoms with van der Waals surface area (Å²) in [5, 5.41) is 0. The van der Waals surface area contributed by atoms with Gasteiger partial charge in [-0.3, -0.25) is 0 Å². The Morgan fingerprint density at radius 3 is 1.02 bits per heavy atom. The summed E-state index contributed by atoms with van der Waals surface area (Å²) in [4.78, 5) is 5.08. The Morgan fingerprint density at radius 2 is 0.675 bits per heavy atom. The number of hydrogen-bond acceptors (Lipinski definition) is 2. The van der Waals surface area contributed by atoms with Crippen molar-refractivity contribution in [3.8, 4) is 0 Å². The lowest BCUT2D eigenvalue weighted by molar-refractivity contribution is 0.159. The molecule has 0 aromatic rings. The van der Waals surface area contributed by atoms with Crippen LogP contribution in [0.2, 0.25) is 0 Å². The lowest BCUT2D eigenvalue weighted by Crippen LogP contribution is -2.37. The monoisotopic (exact) mass is 561 g/mol. The van der Waals surface area contributed by atoms with Gasteiger partial charge in [-0.2, -0.15) is 0 Å². The molecule has 0 saturated carbocycles. The van der Waals surface area contributed by atoms with Crippen molar-refractivity contribution in [1.82, 2.24) is 9.80 Å². The third-order valence-corrected chi connectivity index (χ3v) is 9.43. The number of hydrogen-bond donors (Lipinski definition) is 0. The summed E-state index contributed by atoms with van der Waals surface area (Å²) in [5.41, 5.74) is 0. The predicted octanol–water partition coefficient (Wildman–Crippen LogP) is 13.2. The SMILES string of the molecule is CCCCCCCCCCCCCCCCCCCC1N(C)C=CN1CCCCCCCCCCCCCCC. The van der Waals surface area contributed by atoms with Gasteiger partial charge in [0.05, 0.1) is 0 Å². The first-order chi connectivity index (χ1) is 19.8. The molecule has 0 spiro atoms. The maximum Gasteiger partial charge on any atom is 0.100 e. The molecule has 0 bridgehead atoms. The first-order valence-electron chi connectivity index (χ1n) is 19.0. The second kappa shape index (κ2) is 29.8. The number of nitrogens with zero attached hydrogens (tertiary/aromatic N) is 2. The molecule has 238 valence electrons. The van der Waals surface area contributed by atoms with Gasteiger partial charge in [-0.1, -0.05) is 194 Å². The Hall–Kier alpha value is -0.660. The molecule has 0 aromatic carbocycles. The molecule has 0 saturated heterocycles. The molecule has 1 atom stereocenters. The van der Waals surface area contributed by atoms with E-state index in [9.17, 15) is 0 Å². The van der Waals surface area contributed by atoms with Crippen molar-refractivity contribution in [2.24, 2.45) is 0 Å². The van der Waals surface area contributed by atoms with Crippen LogP contribution >= 0.6 is 0 Å². The zero-order valence-corrected chi connectivity index (χ0v) is 28.3. The third-order valence-electron chi connectivity index (χ3n) is 9.43. The van der Waals surface area contributed by atoms with Gasteiger partial charge < -0.3 is 9.80 Å². The highest BCUT2D eigenvalue weighted by atomic mass is 15.4. The summed E-state index contributed by atoms with van der Waals surface area (Å²) in [6.07, 6.45) is 50.1. The van der Waals surface area contributed by atoms with Crippen LogP contribution in [-0.4, -0.2) is 29.6 Å². The fourth-order valence-electron chi connectivity index (χ4n) is 6.58. The molecule has 0 amide bonds. The number of unbranched alkanes of at least 4 members (excludes halogenated alkanes) is 28. The van der Waals surface area contributed by atoms with E-state index in [-0.39, 0.29) is 0 Å². The van der Waals surface area contributed by atoms with E-state index in [0.29, 0.717) is 6.17 Å². The van der Waals surface area contributed by atoms with Gasteiger partial charge in [-0.05, 0) is 19.3 Å². The van der Waals surface area contributed by atoms with E-state index < -0.39 is 0 Å². The van der Waals surface area contributed by atoms with Gasteiger partial charge in [-0.15, -0.1) is 0 Å². The molecule has 0 aromatic heterocycles. The molecule has 0 aliphatic carbocycles. The van der Waals surface area contributed by atoms with E-state index in [2.05, 4.69) is 43.1 Å². The molecular weight excluding hydrogens is 484 g/mol. The van der Waals surface area contributed by atoms with Crippen molar-refractivity contribution in [3.05, 3.63) is 12.4 Å². The van der Waals surface area contributed by atoms with Crippen molar-refractivity contribution >= 4 is 0 Å². The molecule has 2 heteroatoms. The molecule has 1 rings (SSSR count). The van der Waals surface area contributed by atoms with Crippen molar-refractivity contribution in [2.45, 2.75) is 219 Å². The fraction of sp³-hybridized carbons (Fsp3) is 0.947. The third kappa shape index (κ3) is 23.0. The summed E-state index contributed by atoms with van der Waals surface area (Å²) >= 11 is 0. The quantitative estimate of drug-likeness (QED) is 0.0755. The molecule has 1 aliphatic heterocycles. The van der Waals surface area contributed by atoms with E-state index in [1.165, 1.54) is 206 Å². The van der Waals surface area contributed by atoms with E-state index in [1.54, 1.807) is 0 Å². The minimum atomic E-state index is 0.619. The molecule has 1 unspecified atom stereocenters. The summed E-state index contributed by atoms with van der Waals surface area (Å²) in [7, 11) is 2.28. The Bertz CT molecular complexity index is 516. The molecule has 40 heavy (non-hydrogen) atoms. The summed E-state index contributed by atoms with van der Waals surface area (Å²) < 4.78 is 0. The highest BCUT2D eigenvalue weighted by molar-refractivity contribution is 4.95. The molecule has 0 fully saturated rings. The molecular formula is C38H76N2. The van der Waals surface area contributed by atoms with Crippen molar-refractivity contribution in [2.75, 3.05) is 13.6 Å². The van der Waals surface area contributed by atoms with E-state index in [1.807, 2.05) is 0 Å². The van der Waals surface area contributed by atoms with Crippen molar-refractivity contribution in [1.29, 1.82) is 0 Å². The van der Waals surface area contributed by atoms with Crippen LogP contribution < -0.4 is 0 Å². The highest BCUT2D eigenvalue weighted by Crippen LogP contribution is 2.22. The maximum absolute atomic E-state index is 2.63. The second-order valence-corrected chi connectivity index (χ2v) is 13.4. The van der Waals surface area contributed by atoms with Gasteiger partial charge >= 0.3 is 0 Å². The van der Waals surface area contributed by atoms with Crippen LogP contribution in [0.3, 0.4) is 0 Å². The van der Waals surface area contributed by atoms with Crippen LogP contribution in [0.5, 0.6) is 0 Å². The van der Waals surface area contributed by atoms with Crippen LogP contribution in [0.15, 0.2) is 12.4 Å². The van der Waals surface area contributed by atoms with Gasteiger partial charge in [0.15, 0.2) is 0 Å². The minimum absolute atomic E-state index is 0.619.